The molecule has 0 unspecified atom stereocenters. The predicted octanol–water partition coefficient (Wildman–Crippen LogP) is 2.61. The van der Waals surface area contributed by atoms with Gasteiger partial charge in [-0.3, -0.25) is 0 Å². The molecule has 2 aromatic heterocycles. The quantitative estimate of drug-likeness (QED) is 0.715. The third-order valence-corrected chi connectivity index (χ3v) is 2.42. The predicted molar refractivity (Wildman–Crippen MR) is 62.9 cm³/mol. The van der Waals surface area contributed by atoms with Gasteiger partial charge < -0.3 is 0 Å². The van der Waals surface area contributed by atoms with E-state index in [4.69, 9.17) is 11.6 Å². The zero-order valence-corrected chi connectivity index (χ0v) is 10.2. The van der Waals surface area contributed by atoms with Crippen molar-refractivity contribution in [3.63, 3.8) is 0 Å². The van der Waals surface area contributed by atoms with E-state index in [2.05, 4.69) is 35.8 Å². The molecule has 84 valence electrons. The molecule has 0 aromatic carbocycles. The molecule has 5 heteroatoms. The number of nitrogens with zero attached hydrogens (tertiary/aromatic N) is 4. The molecule has 0 aliphatic carbocycles. The Labute approximate surface area is 99.3 Å². The van der Waals surface area contributed by atoms with Gasteiger partial charge in [0.15, 0.2) is 0 Å². The summed E-state index contributed by atoms with van der Waals surface area (Å²) in [7, 11) is 0. The highest BCUT2D eigenvalue weighted by Gasteiger charge is 2.20. The first-order valence-corrected chi connectivity index (χ1v) is 5.40. The fourth-order valence-electron chi connectivity index (χ4n) is 1.46. The number of hydrogen-bond acceptors (Lipinski definition) is 3. The van der Waals surface area contributed by atoms with Crippen LogP contribution in [0.3, 0.4) is 0 Å². The van der Waals surface area contributed by atoms with E-state index in [1.165, 1.54) is 0 Å². The fraction of sp³-hybridized carbons (Fsp3) is 0.364. The Hall–Kier alpha value is -1.42. The van der Waals surface area contributed by atoms with Crippen LogP contribution >= 0.6 is 11.6 Å². The summed E-state index contributed by atoms with van der Waals surface area (Å²) in [4.78, 5) is 8.31. The monoisotopic (exact) mass is 236 g/mol. The molecular weight excluding hydrogens is 224 g/mol. The van der Waals surface area contributed by atoms with Crippen LogP contribution < -0.4 is 0 Å². The van der Waals surface area contributed by atoms with Gasteiger partial charge in [0.1, 0.15) is 5.15 Å². The van der Waals surface area contributed by atoms with Gasteiger partial charge in [-0.2, -0.15) is 10.1 Å². The molecule has 2 aromatic rings. The lowest BCUT2D eigenvalue weighted by Gasteiger charge is -2.19. The zero-order valence-electron chi connectivity index (χ0n) is 9.48. The van der Waals surface area contributed by atoms with Gasteiger partial charge in [-0.1, -0.05) is 32.4 Å². The molecule has 4 nitrogen and oxygen atoms in total. The van der Waals surface area contributed by atoms with E-state index >= 15 is 0 Å². The van der Waals surface area contributed by atoms with Crippen LogP contribution in [0.2, 0.25) is 5.15 Å². The van der Waals surface area contributed by atoms with Gasteiger partial charge in [0.25, 0.3) is 5.95 Å². The van der Waals surface area contributed by atoms with Crippen molar-refractivity contribution in [2.45, 2.75) is 26.2 Å². The van der Waals surface area contributed by atoms with Crippen molar-refractivity contribution in [2.75, 3.05) is 0 Å². The van der Waals surface area contributed by atoms with Crippen molar-refractivity contribution in [3.8, 4) is 5.95 Å². The summed E-state index contributed by atoms with van der Waals surface area (Å²) < 4.78 is 1.71. The third-order valence-electron chi connectivity index (χ3n) is 2.21. The van der Waals surface area contributed by atoms with E-state index < -0.39 is 0 Å². The standard InChI is InChI=1S/C11H13ClN4/c1-11(2,3)8-4-7-14-16(8)10-13-6-5-9(12)15-10/h4-7H,1-3H3. The van der Waals surface area contributed by atoms with E-state index in [0.29, 0.717) is 11.1 Å². The summed E-state index contributed by atoms with van der Waals surface area (Å²) in [5, 5.41) is 4.64. The molecule has 0 saturated carbocycles. The third kappa shape index (κ3) is 2.07. The summed E-state index contributed by atoms with van der Waals surface area (Å²) in [5.41, 5.74) is 1.04. The molecule has 0 radical (unpaired) electrons. The van der Waals surface area contributed by atoms with Gasteiger partial charge in [-0.25, -0.2) is 9.67 Å². The summed E-state index contributed by atoms with van der Waals surface area (Å²) >= 11 is 5.84. The molecule has 0 fully saturated rings. The Morgan fingerprint density at radius 1 is 1.19 bits per heavy atom. The van der Waals surface area contributed by atoms with Crippen LogP contribution in [0, 0.1) is 0 Å². The van der Waals surface area contributed by atoms with Crippen molar-refractivity contribution in [2.24, 2.45) is 0 Å². The van der Waals surface area contributed by atoms with Gasteiger partial charge in [-0.15, -0.1) is 0 Å². The summed E-state index contributed by atoms with van der Waals surface area (Å²) in [6, 6.07) is 3.61. The lowest BCUT2D eigenvalue weighted by Crippen LogP contribution is -2.18. The minimum absolute atomic E-state index is 0.0117. The summed E-state index contributed by atoms with van der Waals surface area (Å²) in [6.45, 7) is 6.35. The lowest BCUT2D eigenvalue weighted by atomic mass is 9.92. The molecule has 16 heavy (non-hydrogen) atoms. The van der Waals surface area contributed by atoms with Gasteiger partial charge in [-0.05, 0) is 12.1 Å². The van der Waals surface area contributed by atoms with Crippen LogP contribution in [0.25, 0.3) is 5.95 Å². The van der Waals surface area contributed by atoms with Crippen LogP contribution in [-0.2, 0) is 5.41 Å². The fourth-order valence-corrected chi connectivity index (χ4v) is 1.59. The van der Waals surface area contributed by atoms with Crippen molar-refractivity contribution in [3.05, 3.63) is 35.4 Å². The molecule has 0 bridgehead atoms. The topological polar surface area (TPSA) is 43.6 Å². The van der Waals surface area contributed by atoms with E-state index in [1.54, 1.807) is 23.1 Å². The molecule has 2 heterocycles. The van der Waals surface area contributed by atoms with E-state index in [-0.39, 0.29) is 5.41 Å². The Bertz CT molecular complexity index is 499. The Kier molecular flexibility index (Phi) is 2.68. The van der Waals surface area contributed by atoms with Crippen LogP contribution in [0.4, 0.5) is 0 Å². The van der Waals surface area contributed by atoms with Gasteiger partial charge in [0, 0.05) is 17.8 Å². The van der Waals surface area contributed by atoms with E-state index in [1.807, 2.05) is 6.07 Å². The molecule has 0 N–H and O–H groups in total. The molecule has 2 rings (SSSR count). The maximum absolute atomic E-state index is 5.84. The van der Waals surface area contributed by atoms with Gasteiger partial charge in [0.05, 0.1) is 5.69 Å². The smallest absolute Gasteiger partial charge is 0.220 e. The molecule has 0 spiro atoms. The first-order valence-electron chi connectivity index (χ1n) is 5.02. The number of rotatable bonds is 1. The Morgan fingerprint density at radius 3 is 2.56 bits per heavy atom. The molecule has 0 amide bonds. The van der Waals surface area contributed by atoms with Crippen molar-refractivity contribution in [1.29, 1.82) is 0 Å². The maximum Gasteiger partial charge on any atom is 0.252 e. The zero-order chi connectivity index (χ0) is 11.8. The van der Waals surface area contributed by atoms with Crippen LogP contribution in [-0.4, -0.2) is 19.7 Å². The second kappa shape index (κ2) is 3.87. The minimum atomic E-state index is -0.0117. The van der Waals surface area contributed by atoms with Crippen molar-refractivity contribution < 1.29 is 0 Å². The van der Waals surface area contributed by atoms with E-state index in [0.717, 1.165) is 5.69 Å². The second-order valence-corrected chi connectivity index (χ2v) is 4.94. The molecular formula is C11H13ClN4. The first kappa shape index (κ1) is 11.1. The summed E-state index contributed by atoms with van der Waals surface area (Å²) in [6.07, 6.45) is 3.36. The summed E-state index contributed by atoms with van der Waals surface area (Å²) in [5.74, 6) is 0.502. The van der Waals surface area contributed by atoms with Gasteiger partial charge >= 0.3 is 0 Å². The highest BCUT2D eigenvalue weighted by atomic mass is 35.5. The number of hydrogen-bond donors (Lipinski definition) is 0. The maximum atomic E-state index is 5.84. The van der Waals surface area contributed by atoms with Crippen LogP contribution in [0.15, 0.2) is 24.5 Å². The number of aromatic nitrogens is 4. The first-order chi connectivity index (χ1) is 7.48. The molecule has 0 aliphatic rings. The second-order valence-electron chi connectivity index (χ2n) is 4.56. The highest BCUT2D eigenvalue weighted by Crippen LogP contribution is 2.23. The lowest BCUT2D eigenvalue weighted by molar-refractivity contribution is 0.537. The average molecular weight is 237 g/mol. The molecule has 0 aliphatic heterocycles. The largest absolute Gasteiger partial charge is 0.252 e. The van der Waals surface area contributed by atoms with Crippen molar-refractivity contribution >= 4 is 11.6 Å². The molecule has 0 saturated heterocycles. The average Bonchev–Trinajstić information content (AvgIpc) is 2.65. The van der Waals surface area contributed by atoms with Crippen LogP contribution in [0.1, 0.15) is 26.5 Å². The van der Waals surface area contributed by atoms with Gasteiger partial charge in [0.2, 0.25) is 0 Å². The normalized spacial score (nSPS) is 11.8. The Balaban J connectivity index is 2.53. The number of halogens is 1. The van der Waals surface area contributed by atoms with Crippen LogP contribution in [0.5, 0.6) is 0 Å². The Morgan fingerprint density at radius 2 is 1.94 bits per heavy atom. The minimum Gasteiger partial charge on any atom is -0.220 e. The SMILES string of the molecule is CC(C)(C)c1ccnn1-c1nccc(Cl)n1. The molecule has 0 atom stereocenters. The van der Waals surface area contributed by atoms with E-state index in [9.17, 15) is 0 Å². The highest BCUT2D eigenvalue weighted by molar-refractivity contribution is 6.29. The van der Waals surface area contributed by atoms with Crippen molar-refractivity contribution in [1.82, 2.24) is 19.7 Å².